The Morgan fingerprint density at radius 2 is 1.88 bits per heavy atom. The van der Waals surface area contributed by atoms with Gasteiger partial charge in [-0.05, 0) is 0 Å². The van der Waals surface area contributed by atoms with Gasteiger partial charge in [0, 0.05) is 0 Å². The third kappa shape index (κ3) is 2.78. The molecule has 16 heavy (non-hydrogen) atoms. The molecule has 0 N–H and O–H groups in total. The molecule has 80 valence electrons. The fraction of sp³-hybridized carbons (Fsp3) is 0.0769. The van der Waals surface area contributed by atoms with Crippen LogP contribution in [0, 0.1) is 0 Å². The Labute approximate surface area is 101 Å². The number of ketones is 1. The van der Waals surface area contributed by atoms with Crippen molar-refractivity contribution >= 4 is 31.1 Å². The van der Waals surface area contributed by atoms with Crippen molar-refractivity contribution in [1.29, 1.82) is 0 Å². The van der Waals surface area contributed by atoms with Crippen molar-refractivity contribution in [3.63, 3.8) is 0 Å². The fourth-order valence-electron chi connectivity index (χ4n) is 1.28. The van der Waals surface area contributed by atoms with Gasteiger partial charge in [-0.2, -0.15) is 0 Å². The first-order valence-corrected chi connectivity index (χ1v) is 6.59. The average molecular weight is 276 g/mol. The minimum atomic E-state index is 0.0751. The van der Waals surface area contributed by atoms with Gasteiger partial charge in [0.2, 0.25) is 0 Å². The van der Waals surface area contributed by atoms with Gasteiger partial charge in [0.05, 0.1) is 0 Å². The monoisotopic (exact) mass is 277 g/mol. The fourth-order valence-corrected chi connectivity index (χ4v) is 2.54. The van der Waals surface area contributed by atoms with E-state index in [9.17, 15) is 4.79 Å². The summed E-state index contributed by atoms with van der Waals surface area (Å²) in [6, 6.07) is 10.2. The first-order chi connectivity index (χ1) is 7.75. The molecule has 0 saturated carbocycles. The van der Waals surface area contributed by atoms with Crippen molar-refractivity contribution in [2.24, 2.45) is 4.01 Å². The molecule has 2 nitrogen and oxygen atoms in total. The van der Waals surface area contributed by atoms with Gasteiger partial charge < -0.3 is 0 Å². The molecule has 0 heterocycles. The summed E-state index contributed by atoms with van der Waals surface area (Å²) in [6.07, 6.45) is 5.20. The Morgan fingerprint density at radius 1 is 1.12 bits per heavy atom. The molecule has 0 spiro atoms. The second-order valence-corrected chi connectivity index (χ2v) is 5.20. The molecule has 1 aromatic rings. The van der Waals surface area contributed by atoms with Crippen molar-refractivity contribution in [3.05, 3.63) is 54.1 Å². The third-order valence-electron chi connectivity index (χ3n) is 2.16. The van der Waals surface area contributed by atoms with E-state index in [0.29, 0.717) is 0 Å². The summed E-state index contributed by atoms with van der Waals surface area (Å²) in [6.45, 7) is 1.82. The summed E-state index contributed by atoms with van der Waals surface area (Å²) in [5.41, 5.74) is 1.64. The number of benzene rings is 1. The number of nitrogens with zero attached hydrogens (tertiary/aromatic N) is 1. The van der Waals surface area contributed by atoms with Crippen molar-refractivity contribution < 1.29 is 4.79 Å². The molecular formula is C13H11NOSe. The van der Waals surface area contributed by atoms with E-state index in [1.165, 1.54) is 4.46 Å². The normalized spacial score (nSPS) is 17.7. The van der Waals surface area contributed by atoms with Crippen LogP contribution in [0.1, 0.15) is 6.92 Å². The summed E-state index contributed by atoms with van der Waals surface area (Å²) in [5.74, 6) is 0.0751. The molecule has 0 radical (unpaired) electrons. The summed E-state index contributed by atoms with van der Waals surface area (Å²) >= 11 is 0.0814. The zero-order valence-corrected chi connectivity index (χ0v) is 10.6. The molecule has 1 aromatic carbocycles. The maximum atomic E-state index is 11.2. The van der Waals surface area contributed by atoms with E-state index in [-0.39, 0.29) is 21.0 Å². The molecule has 3 heteroatoms. The van der Waals surface area contributed by atoms with Crippen LogP contribution in [0.25, 0.3) is 0 Å². The second kappa shape index (κ2) is 5.06. The standard InChI is InChI=1S/C13H11NOSe/c1-10-9-11(7-8-13(10)15)14-16-12-5-3-2-4-6-12/h2-9H,1H3/b14-11+. The van der Waals surface area contributed by atoms with Gasteiger partial charge in [-0.15, -0.1) is 0 Å². The second-order valence-electron chi connectivity index (χ2n) is 3.45. The first-order valence-electron chi connectivity index (χ1n) is 4.96. The van der Waals surface area contributed by atoms with Crippen LogP contribution in [-0.2, 0) is 4.79 Å². The molecule has 0 fully saturated rings. The van der Waals surface area contributed by atoms with Gasteiger partial charge in [0.25, 0.3) is 0 Å². The van der Waals surface area contributed by atoms with Crippen molar-refractivity contribution in [2.45, 2.75) is 6.92 Å². The molecule has 0 atom stereocenters. The quantitative estimate of drug-likeness (QED) is 0.594. The summed E-state index contributed by atoms with van der Waals surface area (Å²) < 4.78 is 5.74. The van der Waals surface area contributed by atoms with E-state index in [4.69, 9.17) is 0 Å². The third-order valence-corrected chi connectivity index (χ3v) is 3.81. The van der Waals surface area contributed by atoms with Crippen LogP contribution in [0.3, 0.4) is 0 Å². The van der Waals surface area contributed by atoms with Gasteiger partial charge in [-0.3, -0.25) is 0 Å². The molecule has 0 aromatic heterocycles. The van der Waals surface area contributed by atoms with Crippen LogP contribution >= 0.6 is 0 Å². The van der Waals surface area contributed by atoms with Crippen LogP contribution in [0.4, 0.5) is 0 Å². The molecule has 0 aliphatic heterocycles. The van der Waals surface area contributed by atoms with E-state index >= 15 is 0 Å². The summed E-state index contributed by atoms with van der Waals surface area (Å²) in [7, 11) is 0. The number of hydrogen-bond acceptors (Lipinski definition) is 2. The minimum absolute atomic E-state index is 0.0751. The number of allylic oxidation sites excluding steroid dienone is 4. The number of carbonyl (C=O) groups excluding carboxylic acids is 1. The molecule has 0 bridgehead atoms. The van der Waals surface area contributed by atoms with E-state index in [1.54, 1.807) is 12.2 Å². The Morgan fingerprint density at radius 3 is 2.56 bits per heavy atom. The Kier molecular flexibility index (Phi) is 3.50. The van der Waals surface area contributed by atoms with Gasteiger partial charge in [0.1, 0.15) is 0 Å². The van der Waals surface area contributed by atoms with E-state index < -0.39 is 0 Å². The van der Waals surface area contributed by atoms with E-state index in [0.717, 1.165) is 11.3 Å². The summed E-state index contributed by atoms with van der Waals surface area (Å²) in [4.78, 5) is 11.2. The van der Waals surface area contributed by atoms with Crippen LogP contribution in [-0.4, -0.2) is 26.7 Å². The predicted octanol–water partition coefficient (Wildman–Crippen LogP) is 1.46. The van der Waals surface area contributed by atoms with Crippen LogP contribution in [0.2, 0.25) is 0 Å². The molecule has 0 amide bonds. The predicted molar refractivity (Wildman–Crippen MR) is 67.2 cm³/mol. The number of hydrogen-bond donors (Lipinski definition) is 0. The Hall–Kier alpha value is -1.44. The Balaban J connectivity index is 2.10. The molecular weight excluding hydrogens is 265 g/mol. The summed E-state index contributed by atoms with van der Waals surface area (Å²) in [5, 5.41) is 0. The van der Waals surface area contributed by atoms with Crippen LogP contribution in [0.15, 0.2) is 58.1 Å². The average Bonchev–Trinajstić information content (AvgIpc) is 2.32. The SMILES string of the molecule is CC1=C/C(=N/[Se]c2ccccc2)C=CC1=O. The van der Waals surface area contributed by atoms with Crippen molar-refractivity contribution in [1.82, 2.24) is 0 Å². The number of carbonyl (C=O) groups is 1. The van der Waals surface area contributed by atoms with Crippen LogP contribution in [0.5, 0.6) is 0 Å². The maximum absolute atomic E-state index is 11.2. The molecule has 0 saturated heterocycles. The molecule has 0 unspecified atom stereocenters. The molecule has 1 aliphatic rings. The van der Waals surface area contributed by atoms with Gasteiger partial charge in [-0.1, -0.05) is 0 Å². The number of rotatable bonds is 2. The topological polar surface area (TPSA) is 29.4 Å². The zero-order chi connectivity index (χ0) is 11.4. The van der Waals surface area contributed by atoms with Crippen molar-refractivity contribution in [3.8, 4) is 0 Å². The Bertz CT molecular complexity index is 486. The molecule has 1 aliphatic carbocycles. The van der Waals surface area contributed by atoms with Crippen molar-refractivity contribution in [2.75, 3.05) is 0 Å². The van der Waals surface area contributed by atoms with Gasteiger partial charge in [0.15, 0.2) is 0 Å². The van der Waals surface area contributed by atoms with E-state index in [1.807, 2.05) is 31.2 Å². The zero-order valence-electron chi connectivity index (χ0n) is 8.88. The van der Waals surface area contributed by atoms with Crippen LogP contribution < -0.4 is 4.46 Å². The van der Waals surface area contributed by atoms with Gasteiger partial charge in [-0.25, -0.2) is 0 Å². The first kappa shape index (κ1) is 11.1. The molecule has 2 rings (SSSR count). The van der Waals surface area contributed by atoms with E-state index in [2.05, 4.69) is 16.1 Å². The van der Waals surface area contributed by atoms with Gasteiger partial charge >= 0.3 is 101 Å².